The maximum absolute atomic E-state index is 6.19. The molecule has 2 heteroatoms. The van der Waals surface area contributed by atoms with Gasteiger partial charge in [-0.25, -0.2) is 0 Å². The van der Waals surface area contributed by atoms with Gasteiger partial charge < -0.3 is 5.73 Å². The standard InChI is InChI=1S/C17H20ClN/c1-13-2-4-14(5-3-13)8-11-17(19)12-15-6-9-16(18)10-7-15/h2-7,9-10,17H,8,11-12,19H2,1H3. The zero-order valence-electron chi connectivity index (χ0n) is 11.3. The second kappa shape index (κ2) is 6.74. The van der Waals surface area contributed by atoms with Gasteiger partial charge in [-0.3, -0.25) is 0 Å². The van der Waals surface area contributed by atoms with Gasteiger partial charge in [-0.2, -0.15) is 0 Å². The van der Waals surface area contributed by atoms with Crippen LogP contribution in [-0.4, -0.2) is 6.04 Å². The highest BCUT2D eigenvalue weighted by Gasteiger charge is 2.05. The Labute approximate surface area is 120 Å². The largest absolute Gasteiger partial charge is 0.327 e. The van der Waals surface area contributed by atoms with Gasteiger partial charge in [0.05, 0.1) is 0 Å². The van der Waals surface area contributed by atoms with Crippen molar-refractivity contribution in [2.24, 2.45) is 5.73 Å². The first-order valence-electron chi connectivity index (χ1n) is 6.69. The number of hydrogen-bond donors (Lipinski definition) is 1. The van der Waals surface area contributed by atoms with E-state index in [-0.39, 0.29) is 6.04 Å². The molecule has 1 nitrogen and oxygen atoms in total. The van der Waals surface area contributed by atoms with Crippen LogP contribution in [0.3, 0.4) is 0 Å². The molecule has 0 radical (unpaired) electrons. The lowest BCUT2D eigenvalue weighted by molar-refractivity contribution is 0.610. The zero-order chi connectivity index (χ0) is 13.7. The molecule has 2 aromatic rings. The predicted molar refractivity (Wildman–Crippen MR) is 82.6 cm³/mol. The number of benzene rings is 2. The lowest BCUT2D eigenvalue weighted by Crippen LogP contribution is -2.23. The van der Waals surface area contributed by atoms with E-state index in [4.69, 9.17) is 17.3 Å². The Morgan fingerprint density at radius 2 is 1.53 bits per heavy atom. The number of rotatable bonds is 5. The second-order valence-electron chi connectivity index (χ2n) is 5.11. The molecule has 1 unspecified atom stereocenters. The zero-order valence-corrected chi connectivity index (χ0v) is 12.0. The summed E-state index contributed by atoms with van der Waals surface area (Å²) in [6.07, 6.45) is 2.95. The normalized spacial score (nSPS) is 12.4. The average Bonchev–Trinajstić information content (AvgIpc) is 2.41. The molecule has 0 amide bonds. The molecule has 2 N–H and O–H groups in total. The Kier molecular flexibility index (Phi) is 5.00. The summed E-state index contributed by atoms with van der Waals surface area (Å²) in [6.45, 7) is 2.11. The second-order valence-corrected chi connectivity index (χ2v) is 5.55. The molecule has 0 aliphatic carbocycles. The van der Waals surface area contributed by atoms with Crippen LogP contribution < -0.4 is 5.73 Å². The molecule has 0 aliphatic heterocycles. The molecule has 0 aromatic heterocycles. The molecule has 19 heavy (non-hydrogen) atoms. The van der Waals surface area contributed by atoms with Crippen LogP contribution in [0, 0.1) is 6.92 Å². The predicted octanol–water partition coefficient (Wildman–Crippen LogP) is 4.15. The summed E-state index contributed by atoms with van der Waals surface area (Å²) in [5.74, 6) is 0. The third kappa shape index (κ3) is 4.70. The van der Waals surface area contributed by atoms with Gasteiger partial charge in [0, 0.05) is 11.1 Å². The van der Waals surface area contributed by atoms with E-state index in [0.717, 1.165) is 24.3 Å². The van der Waals surface area contributed by atoms with Crippen LogP contribution in [0.15, 0.2) is 48.5 Å². The van der Waals surface area contributed by atoms with Crippen molar-refractivity contribution < 1.29 is 0 Å². The molecule has 0 aliphatic rings. The molecule has 0 saturated carbocycles. The molecular formula is C17H20ClN. The van der Waals surface area contributed by atoms with Crippen molar-refractivity contribution >= 4 is 11.6 Å². The van der Waals surface area contributed by atoms with Gasteiger partial charge in [-0.1, -0.05) is 53.6 Å². The van der Waals surface area contributed by atoms with Crippen molar-refractivity contribution in [1.29, 1.82) is 0 Å². The number of nitrogens with two attached hydrogens (primary N) is 1. The van der Waals surface area contributed by atoms with E-state index < -0.39 is 0 Å². The maximum atomic E-state index is 6.19. The van der Waals surface area contributed by atoms with Crippen LogP contribution >= 0.6 is 11.6 Å². The highest BCUT2D eigenvalue weighted by atomic mass is 35.5. The number of hydrogen-bond acceptors (Lipinski definition) is 1. The minimum absolute atomic E-state index is 0.197. The quantitative estimate of drug-likeness (QED) is 0.870. The molecule has 0 fully saturated rings. The van der Waals surface area contributed by atoms with Gasteiger partial charge in [0.25, 0.3) is 0 Å². The number of halogens is 1. The van der Waals surface area contributed by atoms with Gasteiger partial charge in [0.15, 0.2) is 0 Å². The van der Waals surface area contributed by atoms with Crippen molar-refractivity contribution in [3.05, 3.63) is 70.2 Å². The fourth-order valence-electron chi connectivity index (χ4n) is 2.13. The SMILES string of the molecule is Cc1ccc(CCC(N)Cc2ccc(Cl)cc2)cc1. The summed E-state index contributed by atoms with van der Waals surface area (Å²) in [4.78, 5) is 0. The van der Waals surface area contributed by atoms with E-state index in [1.54, 1.807) is 0 Å². The van der Waals surface area contributed by atoms with Crippen molar-refractivity contribution in [3.8, 4) is 0 Å². The number of aryl methyl sites for hydroxylation is 2. The van der Waals surface area contributed by atoms with E-state index in [1.807, 2.05) is 24.3 Å². The van der Waals surface area contributed by atoms with Crippen molar-refractivity contribution in [1.82, 2.24) is 0 Å². The van der Waals surface area contributed by atoms with Crippen LogP contribution in [0.5, 0.6) is 0 Å². The van der Waals surface area contributed by atoms with E-state index in [1.165, 1.54) is 16.7 Å². The molecule has 2 rings (SSSR count). The third-order valence-electron chi connectivity index (χ3n) is 3.34. The Hall–Kier alpha value is -1.31. The monoisotopic (exact) mass is 273 g/mol. The summed E-state index contributed by atoms with van der Waals surface area (Å²) in [6, 6.07) is 16.8. The van der Waals surface area contributed by atoms with Gasteiger partial charge in [0.1, 0.15) is 0 Å². The highest BCUT2D eigenvalue weighted by Crippen LogP contribution is 2.13. The lowest BCUT2D eigenvalue weighted by atomic mass is 9.99. The van der Waals surface area contributed by atoms with Gasteiger partial charge >= 0.3 is 0 Å². The van der Waals surface area contributed by atoms with E-state index in [2.05, 4.69) is 31.2 Å². The highest BCUT2D eigenvalue weighted by molar-refractivity contribution is 6.30. The summed E-state index contributed by atoms with van der Waals surface area (Å²) in [5, 5.41) is 0.775. The van der Waals surface area contributed by atoms with Crippen molar-refractivity contribution in [2.75, 3.05) is 0 Å². The summed E-state index contributed by atoms with van der Waals surface area (Å²) < 4.78 is 0. The lowest BCUT2D eigenvalue weighted by Gasteiger charge is -2.12. The third-order valence-corrected chi connectivity index (χ3v) is 3.59. The van der Waals surface area contributed by atoms with Crippen LogP contribution in [-0.2, 0) is 12.8 Å². The van der Waals surface area contributed by atoms with Gasteiger partial charge in [-0.05, 0) is 49.4 Å². The molecule has 0 saturated heterocycles. The first-order chi connectivity index (χ1) is 9.13. The fraction of sp³-hybridized carbons (Fsp3) is 0.294. The van der Waals surface area contributed by atoms with Crippen LogP contribution in [0.1, 0.15) is 23.1 Å². The van der Waals surface area contributed by atoms with E-state index >= 15 is 0 Å². The smallest absolute Gasteiger partial charge is 0.0406 e. The summed E-state index contributed by atoms with van der Waals surface area (Å²) >= 11 is 5.87. The van der Waals surface area contributed by atoms with Crippen LogP contribution in [0.4, 0.5) is 0 Å². The van der Waals surface area contributed by atoms with Crippen molar-refractivity contribution in [2.45, 2.75) is 32.2 Å². The molecule has 2 aromatic carbocycles. The first kappa shape index (κ1) is 14.1. The first-order valence-corrected chi connectivity index (χ1v) is 7.07. The molecule has 0 heterocycles. The maximum Gasteiger partial charge on any atom is 0.0406 e. The Morgan fingerprint density at radius 1 is 0.947 bits per heavy atom. The minimum atomic E-state index is 0.197. The average molecular weight is 274 g/mol. The molecular weight excluding hydrogens is 254 g/mol. The fourth-order valence-corrected chi connectivity index (χ4v) is 2.26. The Bertz CT molecular complexity index is 502. The topological polar surface area (TPSA) is 26.0 Å². The van der Waals surface area contributed by atoms with Gasteiger partial charge in [-0.15, -0.1) is 0 Å². The molecule has 0 bridgehead atoms. The van der Waals surface area contributed by atoms with Gasteiger partial charge in [0.2, 0.25) is 0 Å². The summed E-state index contributed by atoms with van der Waals surface area (Å²) in [7, 11) is 0. The van der Waals surface area contributed by atoms with Crippen molar-refractivity contribution in [3.63, 3.8) is 0 Å². The van der Waals surface area contributed by atoms with E-state index in [0.29, 0.717) is 0 Å². The Balaban J connectivity index is 1.82. The van der Waals surface area contributed by atoms with Crippen LogP contribution in [0.25, 0.3) is 0 Å². The molecule has 100 valence electrons. The Morgan fingerprint density at radius 3 is 2.16 bits per heavy atom. The van der Waals surface area contributed by atoms with E-state index in [9.17, 15) is 0 Å². The van der Waals surface area contributed by atoms with Crippen LogP contribution in [0.2, 0.25) is 5.02 Å². The minimum Gasteiger partial charge on any atom is -0.327 e. The summed E-state index contributed by atoms with van der Waals surface area (Å²) in [5.41, 5.74) is 10.1. The molecule has 0 spiro atoms. The molecule has 1 atom stereocenters.